The Morgan fingerprint density at radius 1 is 1.05 bits per heavy atom. The summed E-state index contributed by atoms with van der Waals surface area (Å²) in [7, 11) is 3.22. The van der Waals surface area contributed by atoms with Gasteiger partial charge in [0.1, 0.15) is 23.4 Å². The van der Waals surface area contributed by atoms with Gasteiger partial charge in [0.05, 0.1) is 14.2 Å². The fourth-order valence-corrected chi connectivity index (χ4v) is 2.71. The standard InChI is InChI=1S/C17H18O5/c1-20-11-8-16(21-2)12-4-6-15(22-17(12)9-11)10-3-5-13(18)14(19)7-10/h3,5,7-9,15,18-19H,4,6H2,1-2H3/t15-/m0/s1. The van der Waals surface area contributed by atoms with Crippen LogP contribution in [0.1, 0.15) is 23.7 Å². The Balaban J connectivity index is 1.94. The van der Waals surface area contributed by atoms with E-state index in [-0.39, 0.29) is 17.6 Å². The van der Waals surface area contributed by atoms with Crippen molar-refractivity contribution in [1.82, 2.24) is 0 Å². The Bertz CT molecular complexity index is 696. The van der Waals surface area contributed by atoms with Crippen LogP contribution in [0.5, 0.6) is 28.7 Å². The average molecular weight is 302 g/mol. The fraction of sp³-hybridized carbons (Fsp3) is 0.294. The fourth-order valence-electron chi connectivity index (χ4n) is 2.71. The van der Waals surface area contributed by atoms with E-state index in [0.29, 0.717) is 5.75 Å². The van der Waals surface area contributed by atoms with Gasteiger partial charge in [-0.15, -0.1) is 0 Å². The van der Waals surface area contributed by atoms with Crippen molar-refractivity contribution >= 4 is 0 Å². The number of hydrogen-bond acceptors (Lipinski definition) is 5. The predicted octanol–water partition coefficient (Wildman–Crippen LogP) is 3.18. The number of rotatable bonds is 3. The number of phenols is 2. The molecule has 1 heterocycles. The maximum absolute atomic E-state index is 9.64. The molecule has 0 aromatic heterocycles. The van der Waals surface area contributed by atoms with Crippen LogP contribution < -0.4 is 14.2 Å². The largest absolute Gasteiger partial charge is 0.504 e. The molecule has 3 rings (SSSR count). The van der Waals surface area contributed by atoms with Crippen molar-refractivity contribution in [1.29, 1.82) is 0 Å². The van der Waals surface area contributed by atoms with Gasteiger partial charge in [-0.1, -0.05) is 6.07 Å². The average Bonchev–Trinajstić information content (AvgIpc) is 2.55. The molecule has 2 aromatic rings. The Labute approximate surface area is 128 Å². The molecule has 0 spiro atoms. The van der Waals surface area contributed by atoms with E-state index in [1.165, 1.54) is 12.1 Å². The molecule has 1 aliphatic rings. The molecule has 2 aromatic carbocycles. The summed E-state index contributed by atoms with van der Waals surface area (Å²) in [6.45, 7) is 0. The van der Waals surface area contributed by atoms with Crippen molar-refractivity contribution in [2.24, 2.45) is 0 Å². The Morgan fingerprint density at radius 2 is 1.86 bits per heavy atom. The predicted molar refractivity (Wildman–Crippen MR) is 81.0 cm³/mol. The molecule has 2 N–H and O–H groups in total. The summed E-state index contributed by atoms with van der Waals surface area (Å²) in [5.74, 6) is 1.87. The van der Waals surface area contributed by atoms with Gasteiger partial charge in [0.2, 0.25) is 0 Å². The first-order valence-electron chi connectivity index (χ1n) is 7.05. The summed E-state index contributed by atoms with van der Waals surface area (Å²) in [6, 6.07) is 8.43. The van der Waals surface area contributed by atoms with Crippen LogP contribution >= 0.6 is 0 Å². The highest BCUT2D eigenvalue weighted by Gasteiger charge is 2.25. The van der Waals surface area contributed by atoms with Crippen LogP contribution in [0.3, 0.4) is 0 Å². The molecule has 5 heteroatoms. The molecule has 0 radical (unpaired) electrons. The van der Waals surface area contributed by atoms with E-state index < -0.39 is 0 Å². The van der Waals surface area contributed by atoms with Crippen LogP contribution in [0.2, 0.25) is 0 Å². The molecule has 1 atom stereocenters. The molecular formula is C17H18O5. The Morgan fingerprint density at radius 3 is 2.55 bits per heavy atom. The van der Waals surface area contributed by atoms with Gasteiger partial charge in [0.15, 0.2) is 11.5 Å². The van der Waals surface area contributed by atoms with E-state index in [1.807, 2.05) is 12.1 Å². The van der Waals surface area contributed by atoms with Gasteiger partial charge in [-0.2, -0.15) is 0 Å². The summed E-state index contributed by atoms with van der Waals surface area (Å²) in [6.07, 6.45) is 1.38. The lowest BCUT2D eigenvalue weighted by atomic mass is 9.96. The molecule has 0 aliphatic carbocycles. The first-order valence-corrected chi connectivity index (χ1v) is 7.05. The van der Waals surface area contributed by atoms with Gasteiger partial charge >= 0.3 is 0 Å². The molecule has 0 bridgehead atoms. The monoisotopic (exact) mass is 302 g/mol. The summed E-state index contributed by atoms with van der Waals surface area (Å²) in [4.78, 5) is 0. The third-order valence-electron chi connectivity index (χ3n) is 3.89. The minimum Gasteiger partial charge on any atom is -0.504 e. The van der Waals surface area contributed by atoms with Crippen LogP contribution in [0, 0.1) is 0 Å². The normalized spacial score (nSPS) is 16.5. The lowest BCUT2D eigenvalue weighted by molar-refractivity contribution is 0.173. The minimum absolute atomic E-state index is 0.136. The minimum atomic E-state index is -0.184. The molecule has 0 saturated carbocycles. The first kappa shape index (κ1) is 14.4. The van der Waals surface area contributed by atoms with Crippen molar-refractivity contribution in [3.8, 4) is 28.7 Å². The zero-order chi connectivity index (χ0) is 15.7. The smallest absolute Gasteiger partial charge is 0.157 e. The topological polar surface area (TPSA) is 68.2 Å². The van der Waals surface area contributed by atoms with Crippen LogP contribution in [0.4, 0.5) is 0 Å². The van der Waals surface area contributed by atoms with Crippen molar-refractivity contribution in [2.45, 2.75) is 18.9 Å². The van der Waals surface area contributed by atoms with E-state index in [1.54, 1.807) is 20.3 Å². The van der Waals surface area contributed by atoms with E-state index in [4.69, 9.17) is 14.2 Å². The highest BCUT2D eigenvalue weighted by atomic mass is 16.5. The maximum Gasteiger partial charge on any atom is 0.157 e. The molecule has 0 saturated heterocycles. The van der Waals surface area contributed by atoms with Gasteiger partial charge < -0.3 is 24.4 Å². The van der Waals surface area contributed by atoms with E-state index in [9.17, 15) is 10.2 Å². The zero-order valence-electron chi connectivity index (χ0n) is 12.5. The molecular weight excluding hydrogens is 284 g/mol. The van der Waals surface area contributed by atoms with Gasteiger partial charge in [-0.05, 0) is 30.5 Å². The SMILES string of the molecule is COc1cc(OC)c2c(c1)O[C@H](c1ccc(O)c(O)c1)CC2. The zero-order valence-corrected chi connectivity index (χ0v) is 12.5. The Hall–Kier alpha value is -2.56. The lowest BCUT2D eigenvalue weighted by Gasteiger charge is -2.28. The van der Waals surface area contributed by atoms with Gasteiger partial charge in [0.25, 0.3) is 0 Å². The van der Waals surface area contributed by atoms with E-state index >= 15 is 0 Å². The van der Waals surface area contributed by atoms with Gasteiger partial charge in [-0.3, -0.25) is 0 Å². The number of benzene rings is 2. The summed E-state index contributed by atoms with van der Waals surface area (Å²) in [5.41, 5.74) is 1.84. The number of phenolic OH excluding ortho intramolecular Hbond substituents is 2. The number of hydrogen-bond donors (Lipinski definition) is 2. The van der Waals surface area contributed by atoms with Gasteiger partial charge in [0, 0.05) is 17.7 Å². The highest BCUT2D eigenvalue weighted by Crippen LogP contribution is 2.43. The molecule has 0 fully saturated rings. The lowest BCUT2D eigenvalue weighted by Crippen LogP contribution is -2.16. The number of aromatic hydroxyl groups is 2. The quantitative estimate of drug-likeness (QED) is 0.852. The van der Waals surface area contributed by atoms with Crippen LogP contribution in [0.25, 0.3) is 0 Å². The van der Waals surface area contributed by atoms with Crippen molar-refractivity contribution in [2.75, 3.05) is 14.2 Å². The molecule has 1 aliphatic heterocycles. The van der Waals surface area contributed by atoms with Crippen molar-refractivity contribution in [3.63, 3.8) is 0 Å². The first-order chi connectivity index (χ1) is 10.6. The van der Waals surface area contributed by atoms with Crippen molar-refractivity contribution in [3.05, 3.63) is 41.5 Å². The number of ether oxygens (including phenoxy) is 3. The molecule has 116 valence electrons. The highest BCUT2D eigenvalue weighted by molar-refractivity contribution is 5.52. The second kappa shape index (κ2) is 5.67. The second-order valence-corrected chi connectivity index (χ2v) is 5.20. The maximum atomic E-state index is 9.64. The summed E-state index contributed by atoms with van der Waals surface area (Å²) in [5, 5.41) is 19.1. The van der Waals surface area contributed by atoms with Crippen LogP contribution in [-0.2, 0) is 6.42 Å². The summed E-state index contributed by atoms with van der Waals surface area (Å²) < 4.78 is 16.7. The van der Waals surface area contributed by atoms with Crippen LogP contribution in [-0.4, -0.2) is 24.4 Å². The number of methoxy groups -OCH3 is 2. The second-order valence-electron chi connectivity index (χ2n) is 5.20. The van der Waals surface area contributed by atoms with E-state index in [2.05, 4.69) is 0 Å². The molecule has 22 heavy (non-hydrogen) atoms. The molecule has 0 amide bonds. The Kier molecular flexibility index (Phi) is 3.71. The van der Waals surface area contributed by atoms with Gasteiger partial charge in [-0.25, -0.2) is 0 Å². The van der Waals surface area contributed by atoms with Crippen LogP contribution in [0.15, 0.2) is 30.3 Å². The van der Waals surface area contributed by atoms with E-state index in [0.717, 1.165) is 35.5 Å². The van der Waals surface area contributed by atoms with Crippen molar-refractivity contribution < 1.29 is 24.4 Å². The molecule has 0 unspecified atom stereocenters. The summed E-state index contributed by atoms with van der Waals surface area (Å²) >= 11 is 0. The third kappa shape index (κ3) is 2.50. The third-order valence-corrected chi connectivity index (χ3v) is 3.89. The molecule has 5 nitrogen and oxygen atoms in total. The number of fused-ring (bicyclic) bond motifs is 1.